The van der Waals surface area contributed by atoms with E-state index in [-0.39, 0.29) is 45.1 Å². The molecule has 2 aliphatic carbocycles. The summed E-state index contributed by atoms with van der Waals surface area (Å²) < 4.78 is 55.0. The van der Waals surface area contributed by atoms with Crippen molar-refractivity contribution in [2.75, 3.05) is 38.4 Å². The molecule has 2 unspecified atom stereocenters. The maximum absolute atomic E-state index is 14.6. The predicted octanol–water partition coefficient (Wildman–Crippen LogP) is 3.55. The number of amides is 1. The maximum Gasteiger partial charge on any atom is 0.410 e. The molecule has 2 saturated carbocycles. The van der Waals surface area contributed by atoms with Crippen LogP contribution in [0.25, 0.3) is 0 Å². The summed E-state index contributed by atoms with van der Waals surface area (Å²) >= 11 is 0. The van der Waals surface area contributed by atoms with Gasteiger partial charge in [-0.1, -0.05) is 0 Å². The van der Waals surface area contributed by atoms with Crippen LogP contribution in [0.2, 0.25) is 0 Å². The van der Waals surface area contributed by atoms with E-state index in [4.69, 9.17) is 14.2 Å². The van der Waals surface area contributed by atoms with Crippen LogP contribution in [0.5, 0.6) is 11.6 Å². The first-order chi connectivity index (χ1) is 17.0. The third-order valence-electron chi connectivity index (χ3n) is 7.32. The lowest BCUT2D eigenvalue weighted by Gasteiger charge is -2.31. The average molecular weight is 521 g/mol. The molecule has 0 radical (unpaired) electrons. The molecular weight excluding hydrogens is 491 g/mol. The van der Waals surface area contributed by atoms with Crippen molar-refractivity contribution in [2.45, 2.75) is 43.1 Å². The van der Waals surface area contributed by atoms with E-state index < -0.39 is 15.7 Å². The number of carbonyl (C=O) groups is 1. The van der Waals surface area contributed by atoms with Crippen LogP contribution < -0.4 is 14.8 Å². The zero-order valence-electron chi connectivity index (χ0n) is 20.4. The quantitative estimate of drug-likeness (QED) is 0.557. The molecule has 36 heavy (non-hydrogen) atoms. The Morgan fingerprint density at radius 3 is 2.69 bits per heavy atom. The van der Waals surface area contributed by atoms with Gasteiger partial charge in [0.05, 0.1) is 24.3 Å². The predicted molar refractivity (Wildman–Crippen MR) is 128 cm³/mol. The van der Waals surface area contributed by atoms with Crippen molar-refractivity contribution in [3.63, 3.8) is 0 Å². The van der Waals surface area contributed by atoms with Crippen molar-refractivity contribution in [2.24, 2.45) is 11.3 Å². The largest absolute Gasteiger partial charge is 0.489 e. The number of nitrogens with one attached hydrogen (secondary N) is 1. The van der Waals surface area contributed by atoms with Crippen molar-refractivity contribution >= 4 is 27.4 Å². The van der Waals surface area contributed by atoms with E-state index >= 15 is 0 Å². The molecule has 1 aromatic carbocycles. The lowest BCUT2D eigenvalue weighted by atomic mass is 9.96. The maximum atomic E-state index is 14.6. The van der Waals surface area contributed by atoms with Gasteiger partial charge in [0.15, 0.2) is 15.7 Å². The highest BCUT2D eigenvalue weighted by Crippen LogP contribution is 2.58. The molecule has 194 valence electrons. The second-order valence-electron chi connectivity index (χ2n) is 10.2. The lowest BCUT2D eigenvalue weighted by Crippen LogP contribution is -2.42. The number of piperidine rings is 1. The van der Waals surface area contributed by atoms with Gasteiger partial charge in [0.1, 0.15) is 17.7 Å². The molecule has 3 aliphatic rings. The first-order valence-electron chi connectivity index (χ1n) is 11.8. The van der Waals surface area contributed by atoms with Gasteiger partial charge in [0.2, 0.25) is 5.75 Å². The Morgan fingerprint density at radius 1 is 1.28 bits per heavy atom. The van der Waals surface area contributed by atoms with E-state index in [1.807, 2.05) is 6.92 Å². The Balaban J connectivity index is 1.23. The van der Waals surface area contributed by atoms with E-state index in [2.05, 4.69) is 15.3 Å². The first kappa shape index (κ1) is 24.5. The molecule has 10 nitrogen and oxygen atoms in total. The first-order valence-corrected chi connectivity index (χ1v) is 13.7. The number of halogens is 1. The summed E-state index contributed by atoms with van der Waals surface area (Å²) in [6.07, 6.45) is 5.65. The molecule has 1 amide bonds. The summed E-state index contributed by atoms with van der Waals surface area (Å²) in [6, 6.07) is 3.58. The minimum Gasteiger partial charge on any atom is -0.489 e. The molecular formula is C24H29FN4O6S. The number of aromatic nitrogens is 2. The van der Waals surface area contributed by atoms with Gasteiger partial charge in [0.25, 0.3) is 5.88 Å². The number of nitrogens with zero attached hydrogens (tertiary/aromatic N) is 3. The summed E-state index contributed by atoms with van der Waals surface area (Å²) in [5.74, 6) is 0.188. The van der Waals surface area contributed by atoms with E-state index in [0.717, 1.165) is 38.0 Å². The zero-order valence-corrected chi connectivity index (χ0v) is 21.2. The molecule has 1 aromatic heterocycles. The number of likely N-dealkylation sites (tertiary alicyclic amines) is 1. The molecule has 3 fully saturated rings. The van der Waals surface area contributed by atoms with Gasteiger partial charge >= 0.3 is 6.09 Å². The summed E-state index contributed by atoms with van der Waals surface area (Å²) in [4.78, 5) is 22.4. The van der Waals surface area contributed by atoms with Crippen molar-refractivity contribution in [1.29, 1.82) is 0 Å². The molecule has 12 heteroatoms. The van der Waals surface area contributed by atoms with E-state index in [1.165, 1.54) is 25.6 Å². The standard InChI is InChI=1S/C24H29FN4O6S/c1-23(6-7-23)35-22(30)29-9-8-24(11-15(24)12-29)13-34-21-19(33-2)20(26-14-27-21)28-18-5-4-16(10-17(18)25)36(3,31)32/h4-5,10,14-15H,6-9,11-13H2,1-3H3,(H,26,27,28). The fraction of sp³-hybridized carbons (Fsp3) is 0.542. The third-order valence-corrected chi connectivity index (χ3v) is 8.43. The summed E-state index contributed by atoms with van der Waals surface area (Å²) in [7, 11) is -2.10. The Kier molecular flexibility index (Phi) is 5.97. The van der Waals surface area contributed by atoms with E-state index in [1.54, 1.807) is 4.90 Å². The van der Waals surface area contributed by atoms with Gasteiger partial charge in [0, 0.05) is 24.8 Å². The third kappa shape index (κ3) is 4.91. The SMILES string of the molecule is COc1c(Nc2ccc(S(C)(=O)=O)cc2F)ncnc1OCC12CCN(C(=O)OC3(C)CC3)CC1C2. The van der Waals surface area contributed by atoms with Crippen molar-refractivity contribution in [3.8, 4) is 11.6 Å². The Labute approximate surface area is 209 Å². The number of hydrogen-bond acceptors (Lipinski definition) is 9. The Bertz CT molecular complexity index is 1300. The molecule has 0 bridgehead atoms. The normalized spacial score (nSPS) is 23.9. The number of benzene rings is 1. The number of anilines is 2. The Hall–Kier alpha value is -3.15. The highest BCUT2D eigenvalue weighted by molar-refractivity contribution is 7.90. The summed E-state index contributed by atoms with van der Waals surface area (Å²) in [5, 5.41) is 2.83. The smallest absolute Gasteiger partial charge is 0.410 e. The minimum absolute atomic E-state index is 0.0304. The molecule has 2 heterocycles. The van der Waals surface area contributed by atoms with Crippen LogP contribution in [0.3, 0.4) is 0 Å². The van der Waals surface area contributed by atoms with Gasteiger partial charge in [-0.15, -0.1) is 0 Å². The minimum atomic E-state index is -3.54. The molecule has 5 rings (SSSR count). The summed E-state index contributed by atoms with van der Waals surface area (Å²) in [6.45, 7) is 3.63. The van der Waals surface area contributed by atoms with Crippen LogP contribution in [0, 0.1) is 17.2 Å². The van der Waals surface area contributed by atoms with Gasteiger partial charge in [-0.3, -0.25) is 0 Å². The van der Waals surface area contributed by atoms with Crippen molar-refractivity contribution < 1.29 is 31.8 Å². The van der Waals surface area contributed by atoms with E-state index in [9.17, 15) is 17.6 Å². The average Bonchev–Trinajstić information content (AvgIpc) is 3.74. The number of ether oxygens (including phenoxy) is 3. The van der Waals surface area contributed by atoms with Gasteiger partial charge in [-0.2, -0.15) is 4.98 Å². The zero-order chi connectivity index (χ0) is 25.7. The topological polar surface area (TPSA) is 120 Å². The molecule has 1 saturated heterocycles. The highest BCUT2D eigenvalue weighted by atomic mass is 32.2. The van der Waals surface area contributed by atoms with Gasteiger partial charge < -0.3 is 24.4 Å². The number of hydrogen-bond donors (Lipinski definition) is 1. The van der Waals surface area contributed by atoms with Crippen LogP contribution in [0.1, 0.15) is 32.6 Å². The van der Waals surface area contributed by atoms with Crippen LogP contribution in [0.4, 0.5) is 20.7 Å². The van der Waals surface area contributed by atoms with E-state index in [0.29, 0.717) is 25.6 Å². The molecule has 0 spiro atoms. The lowest BCUT2D eigenvalue weighted by molar-refractivity contribution is 0.0438. The monoisotopic (exact) mass is 520 g/mol. The van der Waals surface area contributed by atoms with Gasteiger partial charge in [-0.25, -0.2) is 22.6 Å². The molecule has 2 atom stereocenters. The Morgan fingerprint density at radius 2 is 2.06 bits per heavy atom. The number of sulfone groups is 1. The van der Waals surface area contributed by atoms with Crippen LogP contribution in [-0.2, 0) is 14.6 Å². The van der Waals surface area contributed by atoms with Gasteiger partial charge in [-0.05, 0) is 56.7 Å². The van der Waals surface area contributed by atoms with Crippen LogP contribution in [-0.4, -0.2) is 68.0 Å². The van der Waals surface area contributed by atoms with Crippen LogP contribution in [0.15, 0.2) is 29.4 Å². The number of carbonyl (C=O) groups excluding carboxylic acids is 1. The number of fused-ring (bicyclic) bond motifs is 1. The fourth-order valence-electron chi connectivity index (χ4n) is 4.58. The molecule has 1 aliphatic heterocycles. The molecule has 2 aromatic rings. The molecule has 1 N–H and O–H groups in total. The van der Waals surface area contributed by atoms with Crippen LogP contribution >= 0.6 is 0 Å². The number of rotatable bonds is 8. The highest BCUT2D eigenvalue weighted by Gasteiger charge is 2.58. The second-order valence-corrected chi connectivity index (χ2v) is 12.2. The second kappa shape index (κ2) is 8.75. The fourth-order valence-corrected chi connectivity index (χ4v) is 5.21. The van der Waals surface area contributed by atoms with Crippen molar-refractivity contribution in [1.82, 2.24) is 14.9 Å². The van der Waals surface area contributed by atoms with Crippen molar-refractivity contribution in [3.05, 3.63) is 30.3 Å². The number of methoxy groups -OCH3 is 1. The summed E-state index contributed by atoms with van der Waals surface area (Å²) in [5.41, 5.74) is -0.283.